The standard InChI is InChI=1S/C17H21N5OS/c1-13-12-24-17(19-13)20-18-11-14-3-5-15(6-4-14)16(23)22-9-7-21(2)8-10-22/h3-6,11-12H,7-10H2,1-2H3,(H,19,20). The first-order valence-corrected chi connectivity index (χ1v) is 8.79. The summed E-state index contributed by atoms with van der Waals surface area (Å²) in [6.07, 6.45) is 1.72. The summed E-state index contributed by atoms with van der Waals surface area (Å²) in [7, 11) is 2.08. The minimum absolute atomic E-state index is 0.1000. The van der Waals surface area contributed by atoms with E-state index in [1.165, 1.54) is 11.3 Å². The van der Waals surface area contributed by atoms with Gasteiger partial charge in [0.2, 0.25) is 5.13 Å². The quantitative estimate of drug-likeness (QED) is 0.683. The van der Waals surface area contributed by atoms with Crippen molar-refractivity contribution in [2.45, 2.75) is 6.92 Å². The molecule has 0 unspecified atom stereocenters. The van der Waals surface area contributed by atoms with Gasteiger partial charge in [-0.05, 0) is 31.7 Å². The molecule has 1 saturated heterocycles. The molecule has 0 saturated carbocycles. The molecule has 1 N–H and O–H groups in total. The molecule has 7 heteroatoms. The van der Waals surface area contributed by atoms with E-state index in [9.17, 15) is 4.79 Å². The van der Waals surface area contributed by atoms with Crippen molar-refractivity contribution >= 4 is 28.6 Å². The molecular formula is C17H21N5OS. The monoisotopic (exact) mass is 343 g/mol. The van der Waals surface area contributed by atoms with Crippen molar-refractivity contribution in [3.05, 3.63) is 46.5 Å². The summed E-state index contributed by atoms with van der Waals surface area (Å²) in [5, 5.41) is 6.91. The van der Waals surface area contributed by atoms with Crippen LogP contribution in [0, 0.1) is 6.92 Å². The molecule has 0 spiro atoms. The number of likely N-dealkylation sites (N-methyl/N-ethyl adjacent to an activating group) is 1. The van der Waals surface area contributed by atoms with Crippen molar-refractivity contribution in [1.29, 1.82) is 0 Å². The van der Waals surface area contributed by atoms with Gasteiger partial charge in [-0.3, -0.25) is 10.2 Å². The van der Waals surface area contributed by atoms with Crippen LogP contribution in [0.15, 0.2) is 34.7 Å². The summed E-state index contributed by atoms with van der Waals surface area (Å²) in [5.74, 6) is 0.1000. The van der Waals surface area contributed by atoms with Gasteiger partial charge in [0.15, 0.2) is 0 Å². The molecule has 1 fully saturated rings. The normalized spacial score (nSPS) is 15.8. The first-order chi connectivity index (χ1) is 11.6. The fourth-order valence-electron chi connectivity index (χ4n) is 2.47. The minimum atomic E-state index is 0.1000. The zero-order chi connectivity index (χ0) is 16.9. The highest BCUT2D eigenvalue weighted by molar-refractivity contribution is 7.13. The number of nitrogens with one attached hydrogen (secondary N) is 1. The predicted molar refractivity (Wildman–Crippen MR) is 97.9 cm³/mol. The fourth-order valence-corrected chi connectivity index (χ4v) is 3.11. The Hall–Kier alpha value is -2.25. The molecule has 2 aromatic rings. The Bertz CT molecular complexity index is 717. The number of hydrogen-bond acceptors (Lipinski definition) is 6. The molecule has 1 amide bonds. The van der Waals surface area contributed by atoms with Crippen LogP contribution in [0.25, 0.3) is 0 Å². The van der Waals surface area contributed by atoms with E-state index in [0.29, 0.717) is 0 Å². The number of amides is 1. The van der Waals surface area contributed by atoms with Gasteiger partial charge in [-0.1, -0.05) is 12.1 Å². The maximum Gasteiger partial charge on any atom is 0.253 e. The summed E-state index contributed by atoms with van der Waals surface area (Å²) < 4.78 is 0. The molecule has 0 atom stereocenters. The van der Waals surface area contributed by atoms with E-state index >= 15 is 0 Å². The van der Waals surface area contributed by atoms with Crippen molar-refractivity contribution < 1.29 is 4.79 Å². The smallest absolute Gasteiger partial charge is 0.253 e. The lowest BCUT2D eigenvalue weighted by molar-refractivity contribution is 0.0664. The SMILES string of the molecule is Cc1csc(NN=Cc2ccc(C(=O)N3CCN(C)CC3)cc2)n1. The Kier molecular flexibility index (Phi) is 5.22. The predicted octanol–water partition coefficient (Wildman–Crippen LogP) is 2.29. The molecule has 126 valence electrons. The Morgan fingerprint density at radius 2 is 1.96 bits per heavy atom. The number of piperazine rings is 1. The largest absolute Gasteiger partial charge is 0.336 e. The first kappa shape index (κ1) is 16.6. The Labute approximate surface area is 145 Å². The molecule has 6 nitrogen and oxygen atoms in total. The molecule has 1 aromatic carbocycles. The number of hydrogen-bond donors (Lipinski definition) is 1. The number of nitrogens with zero attached hydrogens (tertiary/aromatic N) is 4. The van der Waals surface area contributed by atoms with Crippen LogP contribution in [0.5, 0.6) is 0 Å². The molecule has 0 aliphatic carbocycles. The highest BCUT2D eigenvalue weighted by Crippen LogP contribution is 2.14. The lowest BCUT2D eigenvalue weighted by atomic mass is 10.1. The fraction of sp³-hybridized carbons (Fsp3) is 0.353. The maximum absolute atomic E-state index is 12.5. The third-order valence-corrected chi connectivity index (χ3v) is 4.81. The summed E-state index contributed by atoms with van der Waals surface area (Å²) in [6.45, 7) is 5.38. The molecule has 0 radical (unpaired) electrons. The molecule has 2 heterocycles. The molecule has 1 aromatic heterocycles. The van der Waals surface area contributed by atoms with Crippen molar-refractivity contribution in [3.8, 4) is 0 Å². The third-order valence-electron chi connectivity index (χ3n) is 3.94. The van der Waals surface area contributed by atoms with Crippen LogP contribution in [0.2, 0.25) is 0 Å². The highest BCUT2D eigenvalue weighted by atomic mass is 32.1. The summed E-state index contributed by atoms with van der Waals surface area (Å²) >= 11 is 1.52. The van der Waals surface area contributed by atoms with Gasteiger partial charge in [-0.15, -0.1) is 11.3 Å². The number of aryl methyl sites for hydroxylation is 1. The first-order valence-electron chi connectivity index (χ1n) is 7.91. The van der Waals surface area contributed by atoms with Crippen LogP contribution >= 0.6 is 11.3 Å². The van der Waals surface area contributed by atoms with Crippen LogP contribution < -0.4 is 5.43 Å². The van der Waals surface area contributed by atoms with E-state index in [1.54, 1.807) is 6.21 Å². The van der Waals surface area contributed by atoms with E-state index < -0.39 is 0 Å². The molecular weight excluding hydrogens is 322 g/mol. The van der Waals surface area contributed by atoms with Gasteiger partial charge in [0.1, 0.15) is 0 Å². The van der Waals surface area contributed by atoms with Crippen LogP contribution in [-0.2, 0) is 0 Å². The van der Waals surface area contributed by atoms with Crippen molar-refractivity contribution in [2.24, 2.45) is 5.10 Å². The lowest BCUT2D eigenvalue weighted by Crippen LogP contribution is -2.47. The van der Waals surface area contributed by atoms with E-state index in [0.717, 1.165) is 48.1 Å². The minimum Gasteiger partial charge on any atom is -0.336 e. The Morgan fingerprint density at radius 1 is 1.25 bits per heavy atom. The van der Waals surface area contributed by atoms with Crippen LogP contribution in [0.1, 0.15) is 21.6 Å². The zero-order valence-corrected chi connectivity index (χ0v) is 14.7. The van der Waals surface area contributed by atoms with Crippen LogP contribution in [0.4, 0.5) is 5.13 Å². The second-order valence-corrected chi connectivity index (χ2v) is 6.74. The Balaban J connectivity index is 1.57. The van der Waals surface area contributed by atoms with Crippen LogP contribution in [0.3, 0.4) is 0 Å². The molecule has 0 bridgehead atoms. The van der Waals surface area contributed by atoms with Gasteiger partial charge in [-0.2, -0.15) is 5.10 Å². The molecule has 3 rings (SSSR count). The summed E-state index contributed by atoms with van der Waals surface area (Å²) in [6, 6.07) is 7.52. The third kappa shape index (κ3) is 4.18. The molecule has 1 aliphatic heterocycles. The maximum atomic E-state index is 12.5. The molecule has 24 heavy (non-hydrogen) atoms. The number of thiazole rings is 1. The Morgan fingerprint density at radius 3 is 2.58 bits per heavy atom. The van der Waals surface area contributed by atoms with Crippen LogP contribution in [-0.4, -0.2) is 60.1 Å². The highest BCUT2D eigenvalue weighted by Gasteiger charge is 2.19. The topological polar surface area (TPSA) is 60.8 Å². The number of carbonyl (C=O) groups excluding carboxylic acids is 1. The zero-order valence-electron chi connectivity index (χ0n) is 13.9. The van der Waals surface area contributed by atoms with Crippen molar-refractivity contribution in [1.82, 2.24) is 14.8 Å². The van der Waals surface area contributed by atoms with E-state index in [4.69, 9.17) is 0 Å². The van der Waals surface area contributed by atoms with Gasteiger partial charge in [0.05, 0.1) is 11.9 Å². The second kappa shape index (κ2) is 7.55. The summed E-state index contributed by atoms with van der Waals surface area (Å²) in [4.78, 5) is 20.9. The number of rotatable bonds is 4. The van der Waals surface area contributed by atoms with Gasteiger partial charge < -0.3 is 9.80 Å². The number of benzene rings is 1. The second-order valence-electron chi connectivity index (χ2n) is 5.88. The average Bonchev–Trinajstić information content (AvgIpc) is 3.01. The van der Waals surface area contributed by atoms with E-state index in [-0.39, 0.29) is 5.91 Å². The van der Waals surface area contributed by atoms with E-state index in [1.807, 2.05) is 41.5 Å². The summed E-state index contributed by atoms with van der Waals surface area (Å²) in [5.41, 5.74) is 5.54. The van der Waals surface area contributed by atoms with Crippen molar-refractivity contribution in [3.63, 3.8) is 0 Å². The van der Waals surface area contributed by atoms with E-state index in [2.05, 4.69) is 27.5 Å². The number of carbonyl (C=O) groups is 1. The number of anilines is 1. The number of hydrazone groups is 1. The van der Waals surface area contributed by atoms with Gasteiger partial charge in [0.25, 0.3) is 5.91 Å². The molecule has 1 aliphatic rings. The number of aromatic nitrogens is 1. The van der Waals surface area contributed by atoms with Gasteiger partial charge in [0, 0.05) is 37.1 Å². The van der Waals surface area contributed by atoms with Crippen molar-refractivity contribution in [2.75, 3.05) is 38.7 Å². The average molecular weight is 343 g/mol. The lowest BCUT2D eigenvalue weighted by Gasteiger charge is -2.32. The van der Waals surface area contributed by atoms with Gasteiger partial charge in [-0.25, -0.2) is 4.98 Å². The van der Waals surface area contributed by atoms with Gasteiger partial charge >= 0.3 is 0 Å².